The summed E-state index contributed by atoms with van der Waals surface area (Å²) in [7, 11) is 0. The van der Waals surface area contributed by atoms with Crippen molar-refractivity contribution >= 4 is 57.4 Å². The van der Waals surface area contributed by atoms with Crippen LogP contribution in [-0.4, -0.2) is 30.0 Å². The van der Waals surface area contributed by atoms with Crippen LogP contribution >= 0.6 is 12.2 Å². The number of hydrogen-bond donors (Lipinski definition) is 1. The number of carbonyl (C=O) groups is 2. The maximum absolute atomic E-state index is 13.4. The van der Waals surface area contributed by atoms with Crippen LogP contribution in [0.1, 0.15) is 24.0 Å². The Hall–Kier alpha value is -3.51. The zero-order valence-corrected chi connectivity index (χ0v) is 18.6. The Balaban J connectivity index is 1.60. The van der Waals surface area contributed by atoms with Crippen LogP contribution in [0.5, 0.6) is 0 Å². The summed E-state index contributed by atoms with van der Waals surface area (Å²) in [5.41, 5.74) is 3.67. The normalized spacial score (nSPS) is 18.0. The molecule has 160 valence electrons. The van der Waals surface area contributed by atoms with Gasteiger partial charge in [-0.15, -0.1) is 0 Å². The van der Waals surface area contributed by atoms with E-state index in [4.69, 9.17) is 12.2 Å². The molecule has 0 spiro atoms. The average Bonchev–Trinajstić information content (AvgIpc) is 3.32. The summed E-state index contributed by atoms with van der Waals surface area (Å²) in [4.78, 5) is 30.0. The van der Waals surface area contributed by atoms with Crippen LogP contribution in [0.25, 0.3) is 16.8 Å². The first kappa shape index (κ1) is 20.4. The van der Waals surface area contributed by atoms with Crippen molar-refractivity contribution in [3.8, 4) is 0 Å². The number of nitrogens with one attached hydrogen (secondary N) is 1. The van der Waals surface area contributed by atoms with Gasteiger partial charge in [-0.3, -0.25) is 19.8 Å². The summed E-state index contributed by atoms with van der Waals surface area (Å²) in [6, 6.07) is 19.7. The van der Waals surface area contributed by atoms with Gasteiger partial charge in [-0.2, -0.15) is 0 Å². The lowest BCUT2D eigenvalue weighted by Gasteiger charge is -2.30. The van der Waals surface area contributed by atoms with Crippen molar-refractivity contribution in [1.82, 2.24) is 5.32 Å². The third-order valence-electron chi connectivity index (χ3n) is 6.14. The molecule has 0 atom stereocenters. The first-order chi connectivity index (χ1) is 15.5. The van der Waals surface area contributed by atoms with Crippen LogP contribution in [0.4, 0.5) is 11.4 Å². The fourth-order valence-electron chi connectivity index (χ4n) is 4.51. The maximum atomic E-state index is 13.4. The van der Waals surface area contributed by atoms with Crippen molar-refractivity contribution in [3.05, 3.63) is 77.4 Å². The fraction of sp³-hybridized carbons (Fsp3) is 0.192. The van der Waals surface area contributed by atoms with Crippen LogP contribution in [0, 0.1) is 6.92 Å². The minimum Gasteiger partial charge on any atom is -0.371 e. The number of amides is 2. The zero-order chi connectivity index (χ0) is 22.2. The summed E-state index contributed by atoms with van der Waals surface area (Å²) >= 11 is 5.34. The highest BCUT2D eigenvalue weighted by atomic mass is 32.1. The molecular formula is C26H23N3O2S. The Kier molecular flexibility index (Phi) is 5.23. The number of rotatable bonds is 3. The van der Waals surface area contributed by atoms with Gasteiger partial charge in [0.15, 0.2) is 5.11 Å². The third-order valence-corrected chi connectivity index (χ3v) is 6.42. The van der Waals surface area contributed by atoms with Crippen LogP contribution in [0.2, 0.25) is 0 Å². The van der Waals surface area contributed by atoms with Gasteiger partial charge < -0.3 is 4.90 Å². The molecular weight excluding hydrogens is 418 g/mol. The number of para-hydroxylation sites is 1. The molecule has 0 bridgehead atoms. The second kappa shape index (κ2) is 8.20. The quantitative estimate of drug-likeness (QED) is 0.367. The molecule has 0 radical (unpaired) electrons. The van der Waals surface area contributed by atoms with E-state index in [0.717, 1.165) is 35.0 Å². The van der Waals surface area contributed by atoms with Gasteiger partial charge in [0.2, 0.25) is 0 Å². The van der Waals surface area contributed by atoms with Gasteiger partial charge in [0.05, 0.1) is 5.69 Å². The lowest BCUT2D eigenvalue weighted by molar-refractivity contribution is -0.122. The Morgan fingerprint density at radius 1 is 0.875 bits per heavy atom. The Morgan fingerprint density at radius 3 is 2.31 bits per heavy atom. The molecule has 32 heavy (non-hydrogen) atoms. The number of carbonyl (C=O) groups excluding carboxylic acids is 2. The molecule has 2 heterocycles. The molecule has 3 aromatic carbocycles. The van der Waals surface area contributed by atoms with Crippen LogP contribution in [0.15, 0.2) is 66.2 Å². The predicted molar refractivity (Wildman–Crippen MR) is 133 cm³/mol. The van der Waals surface area contributed by atoms with E-state index in [9.17, 15) is 9.59 Å². The molecule has 2 fully saturated rings. The number of thiocarbonyl (C=S) groups is 1. The lowest BCUT2D eigenvalue weighted by Crippen LogP contribution is -2.54. The van der Waals surface area contributed by atoms with Crippen LogP contribution < -0.4 is 15.1 Å². The summed E-state index contributed by atoms with van der Waals surface area (Å²) in [5, 5.41) is 4.92. The van der Waals surface area contributed by atoms with Gasteiger partial charge in [0.25, 0.3) is 11.8 Å². The SMILES string of the molecule is Cc1ccccc1N1C(=O)/C(=C/c2ccc(N3CCCC3)c3ccccc23)C(=O)NC1=S. The molecule has 2 saturated heterocycles. The van der Waals surface area contributed by atoms with Crippen LogP contribution in [-0.2, 0) is 9.59 Å². The van der Waals surface area contributed by atoms with Crippen molar-refractivity contribution in [2.75, 3.05) is 22.9 Å². The van der Waals surface area contributed by atoms with E-state index < -0.39 is 11.8 Å². The van der Waals surface area contributed by atoms with Gasteiger partial charge >= 0.3 is 0 Å². The Bertz CT molecular complexity index is 1290. The van der Waals surface area contributed by atoms with Crippen molar-refractivity contribution in [2.45, 2.75) is 19.8 Å². The smallest absolute Gasteiger partial charge is 0.270 e. The predicted octanol–water partition coefficient (Wildman–Crippen LogP) is 4.58. The van der Waals surface area contributed by atoms with Crippen molar-refractivity contribution in [3.63, 3.8) is 0 Å². The molecule has 6 heteroatoms. The monoisotopic (exact) mass is 441 g/mol. The molecule has 2 aliphatic rings. The number of nitrogens with zero attached hydrogens (tertiary/aromatic N) is 2. The fourth-order valence-corrected chi connectivity index (χ4v) is 4.79. The van der Waals surface area contributed by atoms with E-state index in [1.807, 2.05) is 55.5 Å². The lowest BCUT2D eigenvalue weighted by atomic mass is 9.99. The molecule has 2 amide bonds. The van der Waals surface area contributed by atoms with Crippen molar-refractivity contribution < 1.29 is 9.59 Å². The standard InChI is InChI=1S/C26H23N3O2S/c1-17-8-2-5-11-22(17)29-25(31)21(24(30)27-26(29)32)16-18-12-13-23(28-14-6-7-15-28)20-10-4-3-9-19(18)20/h2-5,8-13,16H,6-7,14-15H2,1H3,(H,27,30,32)/b21-16+. The molecule has 2 aliphatic heterocycles. The van der Waals surface area contributed by atoms with E-state index >= 15 is 0 Å². The summed E-state index contributed by atoms with van der Waals surface area (Å²) in [6.45, 7) is 4.01. The van der Waals surface area contributed by atoms with Crippen molar-refractivity contribution in [1.29, 1.82) is 0 Å². The number of aryl methyl sites for hydroxylation is 1. The molecule has 3 aromatic rings. The summed E-state index contributed by atoms with van der Waals surface area (Å²) < 4.78 is 0. The highest BCUT2D eigenvalue weighted by Gasteiger charge is 2.35. The van der Waals surface area contributed by atoms with E-state index in [1.165, 1.54) is 23.4 Å². The molecule has 5 nitrogen and oxygen atoms in total. The number of fused-ring (bicyclic) bond motifs is 1. The minimum absolute atomic E-state index is 0.0703. The number of hydrogen-bond acceptors (Lipinski definition) is 4. The third kappa shape index (κ3) is 3.46. The second-order valence-electron chi connectivity index (χ2n) is 8.16. The maximum Gasteiger partial charge on any atom is 0.270 e. The molecule has 0 unspecified atom stereocenters. The minimum atomic E-state index is -0.475. The Labute approximate surface area is 192 Å². The van der Waals surface area contributed by atoms with E-state index in [-0.39, 0.29) is 10.7 Å². The summed E-state index contributed by atoms with van der Waals surface area (Å²) in [6.07, 6.45) is 4.08. The molecule has 0 aromatic heterocycles. The highest BCUT2D eigenvalue weighted by Crippen LogP contribution is 2.33. The largest absolute Gasteiger partial charge is 0.371 e. The second-order valence-corrected chi connectivity index (χ2v) is 8.54. The van der Waals surface area contributed by atoms with Gasteiger partial charge in [-0.25, -0.2) is 0 Å². The first-order valence-electron chi connectivity index (χ1n) is 10.8. The van der Waals surface area contributed by atoms with E-state index in [1.54, 1.807) is 6.08 Å². The van der Waals surface area contributed by atoms with Gasteiger partial charge in [0.1, 0.15) is 5.57 Å². The van der Waals surface area contributed by atoms with Gasteiger partial charge in [0, 0.05) is 24.2 Å². The average molecular weight is 442 g/mol. The Morgan fingerprint density at radius 2 is 1.56 bits per heavy atom. The van der Waals surface area contributed by atoms with Crippen LogP contribution in [0.3, 0.4) is 0 Å². The van der Waals surface area contributed by atoms with Gasteiger partial charge in [-0.1, -0.05) is 48.5 Å². The summed E-state index contributed by atoms with van der Waals surface area (Å²) in [5.74, 6) is -0.890. The first-order valence-corrected chi connectivity index (χ1v) is 11.2. The van der Waals surface area contributed by atoms with Crippen molar-refractivity contribution in [2.24, 2.45) is 0 Å². The van der Waals surface area contributed by atoms with Gasteiger partial charge in [-0.05, 0) is 66.7 Å². The molecule has 5 rings (SSSR count). The number of anilines is 2. The topological polar surface area (TPSA) is 52.7 Å². The number of benzene rings is 3. The molecule has 0 saturated carbocycles. The van der Waals surface area contributed by atoms with E-state index in [2.05, 4.69) is 22.3 Å². The molecule has 0 aliphatic carbocycles. The molecule has 1 N–H and O–H groups in total. The highest BCUT2D eigenvalue weighted by molar-refractivity contribution is 7.80. The van der Waals surface area contributed by atoms with E-state index in [0.29, 0.717) is 5.69 Å². The zero-order valence-electron chi connectivity index (χ0n) is 17.8.